The van der Waals surface area contributed by atoms with Crippen molar-refractivity contribution in [2.75, 3.05) is 6.54 Å². The third-order valence-electron chi connectivity index (χ3n) is 5.45. The molecule has 2 aromatic carbocycles. The first kappa shape index (κ1) is 16.7. The maximum Gasteiger partial charge on any atom is 0.267 e. The highest BCUT2D eigenvalue weighted by Gasteiger charge is 2.23. The Kier molecular flexibility index (Phi) is 3.79. The number of para-hydroxylation sites is 2. The van der Waals surface area contributed by atoms with Gasteiger partial charge in [0.2, 0.25) is 0 Å². The largest absolute Gasteiger partial charge is 0.351 e. The van der Waals surface area contributed by atoms with Gasteiger partial charge in [-0.3, -0.25) is 9.59 Å². The first-order valence-electron chi connectivity index (χ1n) is 9.50. The monoisotopic (exact) mass is 372 g/mol. The van der Waals surface area contributed by atoms with Crippen molar-refractivity contribution < 1.29 is 9.59 Å². The maximum atomic E-state index is 12.9. The molecule has 2 N–H and O–H groups in total. The number of carbonyl (C=O) groups is 2. The fourth-order valence-corrected chi connectivity index (χ4v) is 4.00. The summed E-state index contributed by atoms with van der Waals surface area (Å²) in [5.41, 5.74) is 4.00. The van der Waals surface area contributed by atoms with Crippen molar-refractivity contribution in [1.29, 1.82) is 0 Å². The van der Waals surface area contributed by atoms with E-state index in [4.69, 9.17) is 0 Å². The Morgan fingerprint density at radius 2 is 2.07 bits per heavy atom. The van der Waals surface area contributed by atoms with E-state index in [1.54, 1.807) is 0 Å². The van der Waals surface area contributed by atoms with Crippen molar-refractivity contribution in [2.24, 2.45) is 0 Å². The number of fused-ring (bicyclic) bond motifs is 4. The van der Waals surface area contributed by atoms with Crippen LogP contribution < -0.4 is 5.32 Å². The highest BCUT2D eigenvalue weighted by Crippen LogP contribution is 2.28. The lowest BCUT2D eigenvalue weighted by Crippen LogP contribution is -2.22. The Bertz CT molecular complexity index is 1200. The predicted molar refractivity (Wildman–Crippen MR) is 108 cm³/mol. The van der Waals surface area contributed by atoms with E-state index in [1.807, 2.05) is 48.5 Å². The topological polar surface area (TPSA) is 79.8 Å². The van der Waals surface area contributed by atoms with E-state index in [2.05, 4.69) is 26.8 Å². The molecule has 5 rings (SSSR count). The van der Waals surface area contributed by atoms with E-state index in [1.165, 1.54) is 0 Å². The molecule has 0 saturated heterocycles. The van der Waals surface area contributed by atoms with E-state index in [9.17, 15) is 9.59 Å². The van der Waals surface area contributed by atoms with Crippen molar-refractivity contribution in [2.45, 2.75) is 25.8 Å². The molecule has 2 aromatic heterocycles. The second-order valence-corrected chi connectivity index (χ2v) is 7.37. The van der Waals surface area contributed by atoms with Crippen LogP contribution in [0, 0.1) is 0 Å². The molecule has 0 saturated carbocycles. The Hall–Kier alpha value is -3.41. The Morgan fingerprint density at radius 3 is 2.93 bits per heavy atom. The average Bonchev–Trinajstić information content (AvgIpc) is 3.24. The zero-order chi connectivity index (χ0) is 19.3. The summed E-state index contributed by atoms with van der Waals surface area (Å²) in [6.07, 6.45) is 1.07. The fraction of sp³-hybridized carbons (Fsp3) is 0.227. The number of hydrogen-bond donors (Lipinski definition) is 2. The van der Waals surface area contributed by atoms with Crippen LogP contribution in [-0.4, -0.2) is 32.8 Å². The number of ketones is 1. The van der Waals surface area contributed by atoms with E-state index < -0.39 is 0 Å². The molecule has 28 heavy (non-hydrogen) atoms. The molecule has 1 unspecified atom stereocenters. The summed E-state index contributed by atoms with van der Waals surface area (Å²) in [4.78, 5) is 33.0. The smallest absolute Gasteiger partial charge is 0.267 e. The van der Waals surface area contributed by atoms with Crippen LogP contribution >= 0.6 is 0 Å². The van der Waals surface area contributed by atoms with Crippen LogP contribution in [0.4, 0.5) is 0 Å². The summed E-state index contributed by atoms with van der Waals surface area (Å²) in [5.74, 6) is 0.603. The molecule has 1 amide bonds. The lowest BCUT2D eigenvalue weighted by atomic mass is 10.1. The Labute approximate surface area is 161 Å². The summed E-state index contributed by atoms with van der Waals surface area (Å²) in [7, 11) is 0. The number of amides is 1. The van der Waals surface area contributed by atoms with Gasteiger partial charge in [0.25, 0.3) is 5.91 Å². The minimum Gasteiger partial charge on any atom is -0.351 e. The van der Waals surface area contributed by atoms with Crippen LogP contribution in [0.3, 0.4) is 0 Å². The van der Waals surface area contributed by atoms with E-state index >= 15 is 0 Å². The first-order valence-corrected chi connectivity index (χ1v) is 9.50. The number of aromatic amines is 1. The minimum atomic E-state index is -0.0595. The van der Waals surface area contributed by atoms with Crippen LogP contribution in [0.15, 0.2) is 48.5 Å². The highest BCUT2D eigenvalue weighted by molar-refractivity contribution is 6.03. The molecule has 0 spiro atoms. The zero-order valence-corrected chi connectivity index (χ0v) is 15.5. The van der Waals surface area contributed by atoms with Crippen LogP contribution in [-0.2, 0) is 6.42 Å². The van der Waals surface area contributed by atoms with E-state index in [-0.39, 0.29) is 24.2 Å². The molecule has 140 valence electrons. The Morgan fingerprint density at radius 1 is 1.21 bits per heavy atom. The number of aromatic nitrogens is 3. The standard InChI is InChI=1S/C22H20N4O2/c1-13-8-9-23-22(28)19-10-14-6-7-15(11-18(14)26(13)19)20(27)12-21-24-16-4-2-3-5-17(16)25-21/h2-7,10-11,13H,8-9,12H2,1H3,(H,23,28)(H,24,25). The SMILES string of the molecule is CC1CCNC(=O)c2cc3ccc(C(=O)Cc4nc5ccccc5[nH]4)cc3n21. The second-order valence-electron chi connectivity index (χ2n) is 7.37. The maximum absolute atomic E-state index is 12.9. The van der Waals surface area contributed by atoms with E-state index in [0.717, 1.165) is 28.4 Å². The van der Waals surface area contributed by atoms with Gasteiger partial charge in [0, 0.05) is 29.1 Å². The van der Waals surface area contributed by atoms with Crippen molar-refractivity contribution in [1.82, 2.24) is 19.9 Å². The number of benzene rings is 2. The van der Waals surface area contributed by atoms with Gasteiger partial charge in [-0.25, -0.2) is 4.98 Å². The molecule has 6 heteroatoms. The lowest BCUT2D eigenvalue weighted by Gasteiger charge is -2.14. The molecule has 4 aromatic rings. The first-order chi connectivity index (χ1) is 13.6. The number of nitrogens with zero attached hydrogens (tertiary/aromatic N) is 2. The second kappa shape index (κ2) is 6.34. The van der Waals surface area contributed by atoms with Crippen LogP contribution in [0.5, 0.6) is 0 Å². The van der Waals surface area contributed by atoms with Gasteiger partial charge in [-0.15, -0.1) is 0 Å². The summed E-state index contributed by atoms with van der Waals surface area (Å²) in [6.45, 7) is 2.76. The van der Waals surface area contributed by atoms with Gasteiger partial charge in [0.05, 0.1) is 17.5 Å². The van der Waals surface area contributed by atoms with Gasteiger partial charge in [-0.1, -0.05) is 24.3 Å². The summed E-state index contributed by atoms with van der Waals surface area (Å²) >= 11 is 0. The van der Waals surface area contributed by atoms with Gasteiger partial charge in [-0.2, -0.15) is 0 Å². The third kappa shape index (κ3) is 2.69. The molecular formula is C22H20N4O2. The molecular weight excluding hydrogens is 352 g/mol. The summed E-state index contributed by atoms with van der Waals surface area (Å²) < 4.78 is 2.05. The molecule has 0 bridgehead atoms. The van der Waals surface area contributed by atoms with Crippen molar-refractivity contribution in [3.8, 4) is 0 Å². The fourth-order valence-electron chi connectivity index (χ4n) is 4.00. The minimum absolute atomic E-state index is 0.00207. The summed E-state index contributed by atoms with van der Waals surface area (Å²) in [6, 6.07) is 15.5. The van der Waals surface area contributed by atoms with Gasteiger partial charge in [-0.05, 0) is 37.6 Å². The molecule has 0 fully saturated rings. The molecule has 1 aliphatic rings. The third-order valence-corrected chi connectivity index (χ3v) is 5.45. The van der Waals surface area contributed by atoms with Crippen molar-refractivity contribution in [3.63, 3.8) is 0 Å². The van der Waals surface area contributed by atoms with Gasteiger partial charge < -0.3 is 14.9 Å². The van der Waals surface area contributed by atoms with E-state index in [0.29, 0.717) is 23.6 Å². The van der Waals surface area contributed by atoms with Crippen LogP contribution in [0.2, 0.25) is 0 Å². The number of hydrogen-bond acceptors (Lipinski definition) is 3. The van der Waals surface area contributed by atoms with Gasteiger partial charge in [0.15, 0.2) is 5.78 Å². The number of carbonyl (C=O) groups excluding carboxylic acids is 2. The Balaban J connectivity index is 1.52. The average molecular weight is 372 g/mol. The van der Waals surface area contributed by atoms with Crippen molar-refractivity contribution in [3.05, 3.63) is 65.6 Å². The number of imidazole rings is 1. The molecule has 1 atom stereocenters. The van der Waals surface area contributed by atoms with Crippen LogP contribution in [0.25, 0.3) is 21.9 Å². The highest BCUT2D eigenvalue weighted by atomic mass is 16.2. The normalized spacial score (nSPS) is 16.8. The lowest BCUT2D eigenvalue weighted by molar-refractivity contribution is 0.0950. The molecule has 0 radical (unpaired) electrons. The zero-order valence-electron chi connectivity index (χ0n) is 15.5. The predicted octanol–water partition coefficient (Wildman–Crippen LogP) is 3.64. The van der Waals surface area contributed by atoms with Gasteiger partial charge in [0.1, 0.15) is 11.5 Å². The number of H-pyrrole nitrogens is 1. The van der Waals surface area contributed by atoms with Crippen molar-refractivity contribution >= 4 is 33.6 Å². The van der Waals surface area contributed by atoms with Crippen LogP contribution in [0.1, 0.15) is 46.1 Å². The number of rotatable bonds is 3. The van der Waals surface area contributed by atoms with Gasteiger partial charge >= 0.3 is 0 Å². The number of Topliss-reactive ketones (excluding diaryl/α,β-unsaturated/α-hetero) is 1. The number of nitrogens with one attached hydrogen (secondary N) is 2. The molecule has 6 nitrogen and oxygen atoms in total. The molecule has 1 aliphatic heterocycles. The quantitative estimate of drug-likeness (QED) is 0.539. The molecule has 3 heterocycles. The summed E-state index contributed by atoms with van der Waals surface area (Å²) in [5, 5.41) is 3.91. The molecule has 0 aliphatic carbocycles.